The molecule has 1 amide bonds. The number of nitrogens with two attached hydrogens (primary N) is 1. The topological polar surface area (TPSA) is 92.4 Å². The van der Waals surface area contributed by atoms with Crippen molar-refractivity contribution in [3.8, 4) is 0 Å². The van der Waals surface area contributed by atoms with Gasteiger partial charge in [0.05, 0.1) is 6.42 Å². The number of carbonyl (C=O) groups excluding carboxylic acids is 1. The van der Waals surface area contributed by atoms with E-state index in [0.29, 0.717) is 6.54 Å². The molecule has 0 aliphatic carbocycles. The van der Waals surface area contributed by atoms with E-state index in [-0.39, 0.29) is 11.8 Å². The fourth-order valence-electron chi connectivity index (χ4n) is 0.877. The summed E-state index contributed by atoms with van der Waals surface area (Å²) in [4.78, 5) is 21.2. The van der Waals surface area contributed by atoms with E-state index >= 15 is 0 Å². The van der Waals surface area contributed by atoms with Crippen LogP contribution in [0.3, 0.4) is 0 Å². The zero-order valence-electron chi connectivity index (χ0n) is 8.83. The first-order valence-electron chi connectivity index (χ1n) is 4.47. The van der Waals surface area contributed by atoms with Crippen LogP contribution >= 0.6 is 0 Å². The van der Waals surface area contributed by atoms with Crippen molar-refractivity contribution in [1.29, 1.82) is 0 Å². The molecule has 0 radical (unpaired) electrons. The van der Waals surface area contributed by atoms with E-state index in [9.17, 15) is 9.59 Å². The molecule has 4 N–H and O–H groups in total. The molecule has 0 rings (SSSR count). The number of carbonyl (C=O) groups is 2. The van der Waals surface area contributed by atoms with Crippen LogP contribution < -0.4 is 11.1 Å². The Morgan fingerprint density at radius 3 is 2.21 bits per heavy atom. The second-order valence-electron chi connectivity index (χ2n) is 4.50. The lowest BCUT2D eigenvalue weighted by molar-refractivity contribution is -0.141. The molecule has 0 aliphatic heterocycles. The van der Waals surface area contributed by atoms with Crippen molar-refractivity contribution >= 4 is 11.9 Å². The summed E-state index contributed by atoms with van der Waals surface area (Å²) in [5.74, 6) is -1.66. The summed E-state index contributed by atoms with van der Waals surface area (Å²) >= 11 is 0. The molecule has 0 aromatic carbocycles. The molecular formula is C9H18N2O3. The number of nitrogens with one attached hydrogen (secondary N) is 1. The van der Waals surface area contributed by atoms with Gasteiger partial charge in [-0.05, 0) is 5.41 Å². The third-order valence-electron chi connectivity index (χ3n) is 1.58. The molecule has 0 saturated carbocycles. The summed E-state index contributed by atoms with van der Waals surface area (Å²) in [5.41, 5.74) is 4.91. The van der Waals surface area contributed by atoms with Gasteiger partial charge in [0.2, 0.25) is 5.91 Å². The first kappa shape index (κ1) is 12.9. The number of hydrogen-bond acceptors (Lipinski definition) is 3. The Balaban J connectivity index is 4.11. The molecule has 0 spiro atoms. The maximum Gasteiger partial charge on any atom is 0.321 e. The van der Waals surface area contributed by atoms with Crippen LogP contribution in [0.4, 0.5) is 0 Å². The lowest BCUT2D eigenvalue weighted by Gasteiger charge is -2.21. The van der Waals surface area contributed by atoms with Crippen molar-refractivity contribution in [3.63, 3.8) is 0 Å². The van der Waals surface area contributed by atoms with Gasteiger partial charge in [-0.2, -0.15) is 0 Å². The predicted molar refractivity (Wildman–Crippen MR) is 52.7 cm³/mol. The Hall–Kier alpha value is -1.10. The van der Waals surface area contributed by atoms with E-state index in [1.165, 1.54) is 0 Å². The van der Waals surface area contributed by atoms with Crippen LogP contribution in [0.15, 0.2) is 0 Å². The number of primary amides is 1. The molecule has 0 bridgehead atoms. The lowest BCUT2D eigenvalue weighted by atomic mass is 9.96. The van der Waals surface area contributed by atoms with Crippen molar-refractivity contribution in [2.45, 2.75) is 33.2 Å². The normalized spacial score (nSPS) is 13.6. The fourth-order valence-corrected chi connectivity index (χ4v) is 0.877. The minimum Gasteiger partial charge on any atom is -0.480 e. The number of amides is 1. The highest BCUT2D eigenvalue weighted by atomic mass is 16.4. The summed E-state index contributed by atoms with van der Waals surface area (Å²) < 4.78 is 0. The third kappa shape index (κ3) is 6.42. The van der Waals surface area contributed by atoms with E-state index in [4.69, 9.17) is 10.8 Å². The van der Waals surface area contributed by atoms with Gasteiger partial charge in [0.25, 0.3) is 0 Å². The Morgan fingerprint density at radius 1 is 1.43 bits per heavy atom. The fraction of sp³-hybridized carbons (Fsp3) is 0.778. The molecule has 0 fully saturated rings. The van der Waals surface area contributed by atoms with Crippen LogP contribution in [0.5, 0.6) is 0 Å². The van der Waals surface area contributed by atoms with Gasteiger partial charge < -0.3 is 16.2 Å². The summed E-state index contributed by atoms with van der Waals surface area (Å²) in [5, 5.41) is 11.5. The smallest absolute Gasteiger partial charge is 0.321 e. The van der Waals surface area contributed by atoms with Gasteiger partial charge in [-0.3, -0.25) is 9.59 Å². The monoisotopic (exact) mass is 202 g/mol. The van der Waals surface area contributed by atoms with E-state index in [1.807, 2.05) is 20.8 Å². The maximum atomic E-state index is 10.7. The van der Waals surface area contributed by atoms with Crippen LogP contribution in [-0.2, 0) is 9.59 Å². The van der Waals surface area contributed by atoms with Crippen molar-refractivity contribution in [2.24, 2.45) is 11.1 Å². The zero-order chi connectivity index (χ0) is 11.4. The zero-order valence-corrected chi connectivity index (χ0v) is 8.83. The van der Waals surface area contributed by atoms with Gasteiger partial charge >= 0.3 is 5.97 Å². The van der Waals surface area contributed by atoms with E-state index in [1.54, 1.807) is 0 Å². The highest BCUT2D eigenvalue weighted by Crippen LogP contribution is 2.11. The largest absolute Gasteiger partial charge is 0.480 e. The Bertz CT molecular complexity index is 221. The van der Waals surface area contributed by atoms with Crippen LogP contribution in [0.25, 0.3) is 0 Å². The molecule has 14 heavy (non-hydrogen) atoms. The average Bonchev–Trinajstić information content (AvgIpc) is 1.94. The third-order valence-corrected chi connectivity index (χ3v) is 1.58. The Kier molecular flexibility index (Phi) is 4.56. The second kappa shape index (κ2) is 4.95. The van der Waals surface area contributed by atoms with Crippen LogP contribution in [0, 0.1) is 5.41 Å². The van der Waals surface area contributed by atoms with E-state index in [2.05, 4.69) is 5.32 Å². The van der Waals surface area contributed by atoms with Gasteiger partial charge in [0.15, 0.2) is 0 Å². The van der Waals surface area contributed by atoms with Crippen molar-refractivity contribution < 1.29 is 14.7 Å². The van der Waals surface area contributed by atoms with Crippen LogP contribution in [0.1, 0.15) is 27.2 Å². The SMILES string of the molecule is CC(C)(C)CN[C@@H](CC(N)=O)C(=O)O. The van der Waals surface area contributed by atoms with Gasteiger partial charge in [-0.25, -0.2) is 0 Å². The molecule has 0 saturated heterocycles. The van der Waals surface area contributed by atoms with Crippen molar-refractivity contribution in [1.82, 2.24) is 5.32 Å². The average molecular weight is 202 g/mol. The molecule has 0 aliphatic rings. The highest BCUT2D eigenvalue weighted by Gasteiger charge is 2.21. The molecular weight excluding hydrogens is 184 g/mol. The molecule has 1 atom stereocenters. The van der Waals surface area contributed by atoms with Crippen molar-refractivity contribution in [2.75, 3.05) is 6.54 Å². The quantitative estimate of drug-likeness (QED) is 0.582. The number of hydrogen-bond donors (Lipinski definition) is 3. The molecule has 0 aromatic rings. The number of rotatable bonds is 5. The van der Waals surface area contributed by atoms with Crippen LogP contribution in [-0.4, -0.2) is 29.6 Å². The number of carboxylic acids is 1. The Labute approximate surface area is 83.7 Å². The molecule has 82 valence electrons. The standard InChI is InChI=1S/C9H18N2O3/c1-9(2,3)5-11-6(8(13)14)4-7(10)12/h6,11H,4-5H2,1-3H3,(H2,10,12)(H,13,14)/t6-/m0/s1. The highest BCUT2D eigenvalue weighted by molar-refractivity contribution is 5.83. The number of aliphatic carboxylic acids is 1. The van der Waals surface area contributed by atoms with Crippen molar-refractivity contribution in [3.05, 3.63) is 0 Å². The summed E-state index contributed by atoms with van der Waals surface area (Å²) in [6.07, 6.45) is -0.175. The Morgan fingerprint density at radius 2 is 1.93 bits per heavy atom. The summed E-state index contributed by atoms with van der Waals surface area (Å²) in [6, 6.07) is -0.883. The minimum absolute atomic E-state index is 0.0225. The molecule has 0 aromatic heterocycles. The summed E-state index contributed by atoms with van der Waals surface area (Å²) in [6.45, 7) is 6.45. The number of carboxylic acid groups (broad SMARTS) is 1. The maximum absolute atomic E-state index is 10.7. The molecule has 0 unspecified atom stereocenters. The van der Waals surface area contributed by atoms with E-state index < -0.39 is 17.9 Å². The first-order valence-corrected chi connectivity index (χ1v) is 4.47. The lowest BCUT2D eigenvalue weighted by Crippen LogP contribution is -2.43. The minimum atomic E-state index is -1.05. The summed E-state index contributed by atoms with van der Waals surface area (Å²) in [7, 11) is 0. The van der Waals surface area contributed by atoms with Gasteiger partial charge in [0, 0.05) is 6.54 Å². The molecule has 5 nitrogen and oxygen atoms in total. The van der Waals surface area contributed by atoms with Crippen LogP contribution in [0.2, 0.25) is 0 Å². The first-order chi connectivity index (χ1) is 6.22. The molecule has 0 heterocycles. The molecule has 5 heteroatoms. The predicted octanol–water partition coefficient (Wildman–Crippen LogP) is -0.0493. The second-order valence-corrected chi connectivity index (χ2v) is 4.50. The van der Waals surface area contributed by atoms with Gasteiger partial charge in [-0.15, -0.1) is 0 Å². The van der Waals surface area contributed by atoms with E-state index in [0.717, 1.165) is 0 Å². The van der Waals surface area contributed by atoms with Gasteiger partial charge in [-0.1, -0.05) is 20.8 Å². The van der Waals surface area contributed by atoms with Gasteiger partial charge in [0.1, 0.15) is 6.04 Å².